The van der Waals surface area contributed by atoms with Gasteiger partial charge >= 0.3 is 12.0 Å². The molecule has 0 aliphatic carbocycles. The molecule has 29 heavy (non-hydrogen) atoms. The molecule has 0 saturated carbocycles. The Hall–Kier alpha value is -3.26. The lowest BCUT2D eigenvalue weighted by molar-refractivity contribution is -0.274. The number of hydrogen-bond acceptors (Lipinski definition) is 5. The average molecular weight is 425 g/mol. The number of benzene rings is 2. The summed E-state index contributed by atoms with van der Waals surface area (Å²) in [5.41, 5.74) is -0.586. The first-order valence-corrected chi connectivity index (χ1v) is 8.45. The van der Waals surface area contributed by atoms with Gasteiger partial charge in [-0.2, -0.15) is 0 Å². The molecule has 2 aromatic carbocycles. The van der Waals surface area contributed by atoms with Gasteiger partial charge in [0.2, 0.25) is 0 Å². The summed E-state index contributed by atoms with van der Waals surface area (Å²) in [4.78, 5) is 24.8. The van der Waals surface area contributed by atoms with Crippen LogP contribution < -0.4 is 15.1 Å². The lowest BCUT2D eigenvalue weighted by Gasteiger charge is -2.10. The standard InChI is InChI=1S/C20H12ClF3O5/c1-27-18-12-4-2-3-5-15(12)28-19(26)17(18)14(25)8-6-11-7-9-16(13(21)10-11)29-20(22,23)24/h2-10H,1H3. The quantitative estimate of drug-likeness (QED) is 0.318. The van der Waals surface area contributed by atoms with Gasteiger partial charge in [-0.05, 0) is 35.9 Å². The van der Waals surface area contributed by atoms with Crippen molar-refractivity contribution in [1.82, 2.24) is 0 Å². The summed E-state index contributed by atoms with van der Waals surface area (Å²) in [6.07, 6.45) is -2.52. The minimum Gasteiger partial charge on any atom is -0.495 e. The van der Waals surface area contributed by atoms with Gasteiger partial charge < -0.3 is 13.9 Å². The Bertz CT molecular complexity index is 1160. The molecule has 0 N–H and O–H groups in total. The molecule has 0 fully saturated rings. The topological polar surface area (TPSA) is 65.7 Å². The minimum absolute atomic E-state index is 0.0680. The van der Waals surface area contributed by atoms with E-state index in [1.807, 2.05) is 0 Å². The third-order valence-corrected chi connectivity index (χ3v) is 4.12. The number of methoxy groups -OCH3 is 1. The minimum atomic E-state index is -4.88. The van der Waals surface area contributed by atoms with E-state index in [1.54, 1.807) is 24.3 Å². The number of carbonyl (C=O) groups is 1. The third-order valence-electron chi connectivity index (χ3n) is 3.82. The molecule has 0 radical (unpaired) electrons. The molecule has 0 spiro atoms. The highest BCUT2D eigenvalue weighted by Gasteiger charge is 2.32. The van der Waals surface area contributed by atoms with Crippen molar-refractivity contribution in [2.75, 3.05) is 7.11 Å². The Labute approximate surface area is 166 Å². The summed E-state index contributed by atoms with van der Waals surface area (Å²) in [5.74, 6) is -1.20. The van der Waals surface area contributed by atoms with Gasteiger partial charge in [-0.15, -0.1) is 13.2 Å². The molecular weight excluding hydrogens is 413 g/mol. The summed E-state index contributed by atoms with van der Waals surface area (Å²) in [7, 11) is 1.32. The number of halogens is 4. The molecule has 0 aliphatic rings. The Morgan fingerprint density at radius 3 is 2.55 bits per heavy atom. The highest BCUT2D eigenvalue weighted by molar-refractivity contribution is 6.32. The Morgan fingerprint density at radius 1 is 1.17 bits per heavy atom. The zero-order valence-electron chi connectivity index (χ0n) is 14.7. The molecule has 0 amide bonds. The highest BCUT2D eigenvalue weighted by Crippen LogP contribution is 2.31. The van der Waals surface area contributed by atoms with E-state index in [0.29, 0.717) is 10.9 Å². The van der Waals surface area contributed by atoms with Crippen molar-refractivity contribution in [3.63, 3.8) is 0 Å². The van der Waals surface area contributed by atoms with E-state index in [-0.39, 0.29) is 21.9 Å². The lowest BCUT2D eigenvalue weighted by Crippen LogP contribution is -2.17. The maximum Gasteiger partial charge on any atom is 0.573 e. The zero-order valence-corrected chi connectivity index (χ0v) is 15.5. The largest absolute Gasteiger partial charge is 0.573 e. The number of ether oxygens (including phenoxy) is 2. The molecule has 150 valence electrons. The normalized spacial score (nSPS) is 11.8. The highest BCUT2D eigenvalue weighted by atomic mass is 35.5. The summed E-state index contributed by atoms with van der Waals surface area (Å²) in [5, 5.41) is 0.155. The molecule has 0 bridgehead atoms. The van der Waals surface area contributed by atoms with Crippen molar-refractivity contribution in [2.24, 2.45) is 0 Å². The van der Waals surface area contributed by atoms with Crippen LogP contribution >= 0.6 is 11.6 Å². The fraction of sp³-hybridized carbons (Fsp3) is 0.100. The van der Waals surface area contributed by atoms with Crippen molar-refractivity contribution in [3.8, 4) is 11.5 Å². The maximum absolute atomic E-state index is 12.6. The fourth-order valence-electron chi connectivity index (χ4n) is 2.63. The van der Waals surface area contributed by atoms with E-state index < -0.39 is 23.5 Å². The van der Waals surface area contributed by atoms with Crippen LogP contribution in [0.4, 0.5) is 13.2 Å². The third kappa shape index (κ3) is 4.60. The van der Waals surface area contributed by atoms with Crippen LogP contribution in [0.25, 0.3) is 17.0 Å². The molecule has 1 aromatic heterocycles. The van der Waals surface area contributed by atoms with E-state index in [4.69, 9.17) is 20.8 Å². The van der Waals surface area contributed by atoms with Gasteiger partial charge in [-0.25, -0.2) is 4.79 Å². The second-order valence-corrected chi connectivity index (χ2v) is 6.14. The van der Waals surface area contributed by atoms with Gasteiger partial charge in [0.25, 0.3) is 0 Å². The first-order chi connectivity index (χ1) is 13.7. The average Bonchev–Trinajstić information content (AvgIpc) is 2.66. The molecular formula is C20H12ClF3O5. The predicted octanol–water partition coefficient (Wildman–Crippen LogP) is 5.25. The first-order valence-electron chi connectivity index (χ1n) is 8.07. The van der Waals surface area contributed by atoms with Crippen LogP contribution in [0.1, 0.15) is 15.9 Å². The van der Waals surface area contributed by atoms with Crippen molar-refractivity contribution in [1.29, 1.82) is 0 Å². The molecule has 0 saturated heterocycles. The van der Waals surface area contributed by atoms with E-state index >= 15 is 0 Å². The number of fused-ring (bicyclic) bond motifs is 1. The molecule has 3 aromatic rings. The van der Waals surface area contributed by atoms with Gasteiger partial charge in [-0.1, -0.05) is 35.9 Å². The molecule has 0 atom stereocenters. The molecule has 0 unspecified atom stereocenters. The van der Waals surface area contributed by atoms with E-state index in [9.17, 15) is 22.8 Å². The van der Waals surface area contributed by atoms with Crippen molar-refractivity contribution in [2.45, 2.75) is 6.36 Å². The second-order valence-electron chi connectivity index (χ2n) is 5.73. The monoisotopic (exact) mass is 424 g/mol. The number of ketones is 1. The van der Waals surface area contributed by atoms with E-state index in [0.717, 1.165) is 12.1 Å². The molecule has 0 aliphatic heterocycles. The lowest BCUT2D eigenvalue weighted by atomic mass is 10.1. The number of alkyl halides is 3. The molecule has 5 nitrogen and oxygen atoms in total. The van der Waals surface area contributed by atoms with Crippen LogP contribution in [0.5, 0.6) is 11.5 Å². The summed E-state index contributed by atoms with van der Waals surface area (Å²) >= 11 is 5.78. The fourth-order valence-corrected chi connectivity index (χ4v) is 2.86. The molecule has 9 heteroatoms. The van der Waals surface area contributed by atoms with Crippen LogP contribution in [-0.2, 0) is 0 Å². The smallest absolute Gasteiger partial charge is 0.495 e. The van der Waals surface area contributed by atoms with E-state index in [2.05, 4.69) is 4.74 Å². The van der Waals surface area contributed by atoms with Crippen molar-refractivity contribution >= 4 is 34.4 Å². The predicted molar refractivity (Wildman–Crippen MR) is 101 cm³/mol. The number of para-hydroxylation sites is 1. The maximum atomic E-state index is 12.6. The van der Waals surface area contributed by atoms with Gasteiger partial charge in [-0.3, -0.25) is 4.79 Å². The van der Waals surface area contributed by atoms with Gasteiger partial charge in [0.1, 0.15) is 22.6 Å². The second kappa shape index (κ2) is 8.00. The van der Waals surface area contributed by atoms with Crippen LogP contribution in [0.3, 0.4) is 0 Å². The van der Waals surface area contributed by atoms with Crippen LogP contribution in [0, 0.1) is 0 Å². The Kier molecular flexibility index (Phi) is 5.65. The molecule has 3 rings (SSSR count). The summed E-state index contributed by atoms with van der Waals surface area (Å²) in [6.45, 7) is 0. The van der Waals surface area contributed by atoms with Crippen LogP contribution in [-0.4, -0.2) is 19.3 Å². The van der Waals surface area contributed by atoms with Crippen molar-refractivity contribution in [3.05, 3.63) is 75.1 Å². The van der Waals surface area contributed by atoms with Crippen molar-refractivity contribution < 1.29 is 31.9 Å². The number of hydrogen-bond donors (Lipinski definition) is 0. The Balaban J connectivity index is 1.93. The Morgan fingerprint density at radius 2 is 1.90 bits per heavy atom. The van der Waals surface area contributed by atoms with Gasteiger partial charge in [0.15, 0.2) is 5.78 Å². The summed E-state index contributed by atoms with van der Waals surface area (Å²) < 4.78 is 51.0. The van der Waals surface area contributed by atoms with E-state index in [1.165, 1.54) is 25.3 Å². The number of carbonyl (C=O) groups excluding carboxylic acids is 1. The first kappa shape index (κ1) is 20.5. The zero-order chi connectivity index (χ0) is 21.2. The van der Waals surface area contributed by atoms with Crippen LogP contribution in [0.2, 0.25) is 5.02 Å². The molecule has 1 heterocycles. The number of rotatable bonds is 5. The number of allylic oxidation sites excluding steroid dienone is 1. The van der Waals surface area contributed by atoms with Gasteiger partial charge in [0, 0.05) is 0 Å². The summed E-state index contributed by atoms with van der Waals surface area (Å²) in [6, 6.07) is 10.0. The SMILES string of the molecule is COc1c(C(=O)C=Cc2ccc(OC(F)(F)F)c(Cl)c2)c(=O)oc2ccccc12. The van der Waals surface area contributed by atoms with Crippen LogP contribution in [0.15, 0.2) is 57.8 Å². The van der Waals surface area contributed by atoms with Gasteiger partial charge in [0.05, 0.1) is 17.5 Å².